The molecule has 1 atom stereocenters. The summed E-state index contributed by atoms with van der Waals surface area (Å²) in [4.78, 5) is 4.05. The number of hydrogen-bond donors (Lipinski definition) is 2. The highest BCUT2D eigenvalue weighted by Crippen LogP contribution is 2.45. The first-order chi connectivity index (χ1) is 10.9. The van der Waals surface area contributed by atoms with E-state index in [1.54, 1.807) is 0 Å². The monoisotopic (exact) mass is 342 g/mol. The number of halogens is 4. The molecule has 1 aliphatic carbocycles. The van der Waals surface area contributed by atoms with Gasteiger partial charge in [0.15, 0.2) is 0 Å². The summed E-state index contributed by atoms with van der Waals surface area (Å²) < 4.78 is 41.4. The zero-order chi connectivity index (χ0) is 16.8. The van der Waals surface area contributed by atoms with Gasteiger partial charge in [0.1, 0.15) is 28.7 Å². The minimum atomic E-state index is -1.39. The molecule has 7 heteroatoms. The first-order valence-electron chi connectivity index (χ1n) is 7.11. The molecule has 2 aromatic rings. The summed E-state index contributed by atoms with van der Waals surface area (Å²) in [5.41, 5.74) is 3.82. The van der Waals surface area contributed by atoms with Gasteiger partial charge in [-0.1, -0.05) is 11.6 Å². The van der Waals surface area contributed by atoms with E-state index in [9.17, 15) is 18.3 Å². The lowest BCUT2D eigenvalue weighted by Gasteiger charge is -2.26. The van der Waals surface area contributed by atoms with Crippen molar-refractivity contribution in [2.75, 3.05) is 6.54 Å². The van der Waals surface area contributed by atoms with Gasteiger partial charge in [0.25, 0.3) is 0 Å². The Kier molecular flexibility index (Phi) is 4.08. The maximum Gasteiger partial charge on any atom is 0.149 e. The van der Waals surface area contributed by atoms with E-state index in [1.165, 1.54) is 6.07 Å². The molecule has 23 heavy (non-hydrogen) atoms. The molecule has 1 aromatic carbocycles. The number of rotatable bonds is 4. The molecule has 0 aliphatic heterocycles. The SMILES string of the molecule is NC[C@](O)(c1ccc(F)c(-c2cc(Cl)c(F)cc2F)n1)C1CC1. The van der Waals surface area contributed by atoms with Crippen LogP contribution >= 0.6 is 11.6 Å². The molecule has 1 aromatic heterocycles. The van der Waals surface area contributed by atoms with Crippen molar-refractivity contribution in [1.82, 2.24) is 4.98 Å². The molecule has 0 amide bonds. The van der Waals surface area contributed by atoms with Crippen LogP contribution in [0.4, 0.5) is 13.2 Å². The highest BCUT2D eigenvalue weighted by molar-refractivity contribution is 6.31. The third-order valence-corrected chi connectivity index (χ3v) is 4.41. The number of nitrogens with two attached hydrogens (primary N) is 1. The molecule has 0 bridgehead atoms. The van der Waals surface area contributed by atoms with Crippen LogP contribution in [0, 0.1) is 23.4 Å². The standard InChI is InChI=1S/C16H14ClF3N2O/c17-10-5-9(12(19)6-13(10)20)15-11(18)3-4-14(22-15)16(23,7-21)8-1-2-8/h3-6,8,23H,1-2,7,21H2/t16-/m1/s1. The molecule has 0 spiro atoms. The van der Waals surface area contributed by atoms with Gasteiger partial charge < -0.3 is 10.8 Å². The van der Waals surface area contributed by atoms with Gasteiger partial charge >= 0.3 is 0 Å². The Hall–Kier alpha value is -1.63. The lowest BCUT2D eigenvalue weighted by Crippen LogP contribution is -2.38. The Morgan fingerprint density at radius 1 is 1.17 bits per heavy atom. The smallest absolute Gasteiger partial charge is 0.149 e. The molecule has 122 valence electrons. The van der Waals surface area contributed by atoms with E-state index in [-0.39, 0.29) is 34.4 Å². The van der Waals surface area contributed by atoms with Crippen LogP contribution < -0.4 is 5.73 Å². The summed E-state index contributed by atoms with van der Waals surface area (Å²) in [7, 11) is 0. The summed E-state index contributed by atoms with van der Waals surface area (Å²) in [6.45, 7) is -0.0810. The Balaban J connectivity index is 2.14. The largest absolute Gasteiger partial charge is 0.382 e. The normalized spacial score (nSPS) is 17.1. The molecule has 1 aliphatic rings. The molecule has 1 saturated carbocycles. The Bertz CT molecular complexity index is 767. The third kappa shape index (κ3) is 2.82. The average Bonchev–Trinajstić information content (AvgIpc) is 3.36. The first-order valence-corrected chi connectivity index (χ1v) is 7.49. The summed E-state index contributed by atoms with van der Waals surface area (Å²) >= 11 is 5.64. The summed E-state index contributed by atoms with van der Waals surface area (Å²) in [5, 5.41) is 10.3. The Morgan fingerprint density at radius 3 is 2.48 bits per heavy atom. The van der Waals surface area contributed by atoms with Crippen molar-refractivity contribution in [1.29, 1.82) is 0 Å². The van der Waals surface area contributed by atoms with Gasteiger partial charge in [-0.25, -0.2) is 18.2 Å². The van der Waals surface area contributed by atoms with E-state index in [4.69, 9.17) is 17.3 Å². The predicted molar refractivity (Wildman–Crippen MR) is 80.2 cm³/mol. The third-order valence-electron chi connectivity index (χ3n) is 4.12. The molecule has 1 fully saturated rings. The Morgan fingerprint density at radius 2 is 1.87 bits per heavy atom. The number of aromatic nitrogens is 1. The topological polar surface area (TPSA) is 59.1 Å². The minimum Gasteiger partial charge on any atom is -0.382 e. The fourth-order valence-electron chi connectivity index (χ4n) is 2.62. The van der Waals surface area contributed by atoms with Crippen LogP contribution in [0.1, 0.15) is 18.5 Å². The van der Waals surface area contributed by atoms with Crippen LogP contribution in [0.3, 0.4) is 0 Å². The fourth-order valence-corrected chi connectivity index (χ4v) is 2.78. The summed E-state index contributed by atoms with van der Waals surface area (Å²) in [6, 6.07) is 3.95. The molecule has 3 nitrogen and oxygen atoms in total. The second-order valence-electron chi connectivity index (χ2n) is 5.68. The van der Waals surface area contributed by atoms with Gasteiger partial charge in [0.2, 0.25) is 0 Å². The van der Waals surface area contributed by atoms with Gasteiger partial charge in [-0.05, 0) is 37.0 Å². The van der Waals surface area contributed by atoms with E-state index < -0.39 is 23.1 Å². The molecular weight excluding hydrogens is 329 g/mol. The molecule has 3 rings (SSSR count). The van der Waals surface area contributed by atoms with Gasteiger partial charge in [-0.2, -0.15) is 0 Å². The maximum atomic E-state index is 14.1. The zero-order valence-corrected chi connectivity index (χ0v) is 12.7. The molecule has 0 radical (unpaired) electrons. The van der Waals surface area contributed by atoms with Gasteiger partial charge in [-0.3, -0.25) is 0 Å². The van der Waals surface area contributed by atoms with E-state index in [0.29, 0.717) is 6.07 Å². The van der Waals surface area contributed by atoms with Crippen LogP contribution in [0.5, 0.6) is 0 Å². The summed E-state index contributed by atoms with van der Waals surface area (Å²) in [6.07, 6.45) is 1.58. The van der Waals surface area contributed by atoms with Crippen molar-refractivity contribution in [3.8, 4) is 11.3 Å². The molecule has 0 unspecified atom stereocenters. The number of pyridine rings is 1. The lowest BCUT2D eigenvalue weighted by molar-refractivity contribution is 0.0179. The zero-order valence-electron chi connectivity index (χ0n) is 12.0. The number of hydrogen-bond acceptors (Lipinski definition) is 3. The highest BCUT2D eigenvalue weighted by atomic mass is 35.5. The number of aliphatic hydroxyl groups is 1. The van der Waals surface area contributed by atoms with Crippen molar-refractivity contribution in [3.05, 3.63) is 52.4 Å². The van der Waals surface area contributed by atoms with Crippen LogP contribution in [-0.4, -0.2) is 16.6 Å². The molecular formula is C16H14ClF3N2O. The van der Waals surface area contributed by atoms with E-state index >= 15 is 0 Å². The maximum absolute atomic E-state index is 14.1. The van der Waals surface area contributed by atoms with Crippen LogP contribution in [0.25, 0.3) is 11.3 Å². The van der Waals surface area contributed by atoms with Crippen LogP contribution in [0.15, 0.2) is 24.3 Å². The van der Waals surface area contributed by atoms with Crippen molar-refractivity contribution in [2.45, 2.75) is 18.4 Å². The van der Waals surface area contributed by atoms with Crippen LogP contribution in [0.2, 0.25) is 5.02 Å². The predicted octanol–water partition coefficient (Wildman–Crippen LogP) is 3.38. The van der Waals surface area contributed by atoms with Crippen molar-refractivity contribution in [3.63, 3.8) is 0 Å². The van der Waals surface area contributed by atoms with Crippen molar-refractivity contribution < 1.29 is 18.3 Å². The molecule has 3 N–H and O–H groups in total. The lowest BCUT2D eigenvalue weighted by atomic mass is 9.92. The number of nitrogens with zero attached hydrogens (tertiary/aromatic N) is 1. The highest BCUT2D eigenvalue weighted by Gasteiger charge is 2.45. The number of benzene rings is 1. The van der Waals surface area contributed by atoms with Gasteiger partial charge in [0.05, 0.1) is 10.7 Å². The summed E-state index contributed by atoms with van der Waals surface area (Å²) in [5.74, 6) is -2.79. The average molecular weight is 343 g/mol. The second kappa shape index (κ2) is 5.78. The van der Waals surface area contributed by atoms with E-state index in [1.807, 2.05) is 0 Å². The van der Waals surface area contributed by atoms with Crippen molar-refractivity contribution >= 4 is 11.6 Å². The molecule has 0 saturated heterocycles. The molecule has 1 heterocycles. The van der Waals surface area contributed by atoms with Crippen LogP contribution in [-0.2, 0) is 5.60 Å². The van der Waals surface area contributed by atoms with E-state index in [2.05, 4.69) is 4.98 Å². The van der Waals surface area contributed by atoms with Gasteiger partial charge in [-0.15, -0.1) is 0 Å². The Labute approximate surface area is 135 Å². The quantitative estimate of drug-likeness (QED) is 0.837. The minimum absolute atomic E-state index is 0.0556. The first kappa shape index (κ1) is 16.2. The second-order valence-corrected chi connectivity index (χ2v) is 6.08. The van der Waals surface area contributed by atoms with Crippen molar-refractivity contribution in [2.24, 2.45) is 11.7 Å². The fraction of sp³-hybridized carbons (Fsp3) is 0.312. The van der Waals surface area contributed by atoms with E-state index in [0.717, 1.165) is 25.0 Å². The van der Waals surface area contributed by atoms with Gasteiger partial charge in [0, 0.05) is 18.2 Å².